The van der Waals surface area contributed by atoms with Crippen LogP contribution >= 0.6 is 12.2 Å². The van der Waals surface area contributed by atoms with Gasteiger partial charge in [-0.15, -0.1) is 0 Å². The van der Waals surface area contributed by atoms with Crippen molar-refractivity contribution in [2.24, 2.45) is 5.73 Å². The number of carbonyl (C=O) groups is 1. The normalized spacial score (nSPS) is 10.0. The van der Waals surface area contributed by atoms with Gasteiger partial charge in [-0.2, -0.15) is 5.10 Å². The lowest BCUT2D eigenvalue weighted by Crippen LogP contribution is -2.16. The molecule has 0 atom stereocenters. The van der Waals surface area contributed by atoms with Gasteiger partial charge in [0.05, 0.1) is 23.6 Å². The fourth-order valence-electron chi connectivity index (χ4n) is 1.15. The number of nitrogens with one attached hydrogen (secondary N) is 2. The lowest BCUT2D eigenvalue weighted by molar-refractivity contribution is 0.102. The van der Waals surface area contributed by atoms with Crippen LogP contribution in [0.15, 0.2) is 29.2 Å². The van der Waals surface area contributed by atoms with Gasteiger partial charge in [0.15, 0.2) is 0 Å². The van der Waals surface area contributed by atoms with Crippen LogP contribution < -0.4 is 11.1 Å². The van der Waals surface area contributed by atoms with Crippen molar-refractivity contribution in [2.45, 2.75) is 0 Å². The third-order valence-electron chi connectivity index (χ3n) is 1.93. The van der Waals surface area contributed by atoms with Gasteiger partial charge < -0.3 is 15.5 Å². The van der Waals surface area contributed by atoms with Crippen molar-refractivity contribution in [1.82, 2.24) is 10.2 Å². The summed E-state index contributed by atoms with van der Waals surface area (Å²) in [5.41, 5.74) is 6.35. The Morgan fingerprint density at radius 1 is 1.62 bits per heavy atom. The van der Waals surface area contributed by atoms with Crippen LogP contribution in [0.2, 0.25) is 0 Å². The predicted molar refractivity (Wildman–Crippen MR) is 61.1 cm³/mol. The highest BCUT2D eigenvalue weighted by Crippen LogP contribution is 2.12. The van der Waals surface area contributed by atoms with Crippen LogP contribution in [-0.2, 0) is 0 Å². The molecule has 0 bridgehead atoms. The fraction of sp³-hybridized carbons (Fsp3) is 0. The Labute approximate surface area is 95.8 Å². The molecule has 0 radical (unpaired) electrons. The van der Waals surface area contributed by atoms with Gasteiger partial charge in [0, 0.05) is 0 Å². The number of furan rings is 1. The molecule has 0 saturated carbocycles. The van der Waals surface area contributed by atoms with E-state index >= 15 is 0 Å². The first-order valence-electron chi connectivity index (χ1n) is 4.35. The highest BCUT2D eigenvalue weighted by molar-refractivity contribution is 7.80. The summed E-state index contributed by atoms with van der Waals surface area (Å²) in [5.74, 6) is 0.0502. The second kappa shape index (κ2) is 4.15. The summed E-state index contributed by atoms with van der Waals surface area (Å²) in [4.78, 5) is 11.8. The summed E-state index contributed by atoms with van der Waals surface area (Å²) in [5, 5.41) is 8.94. The molecule has 0 aliphatic carbocycles. The molecule has 0 aromatic carbocycles. The van der Waals surface area contributed by atoms with E-state index in [2.05, 4.69) is 15.5 Å². The first-order chi connectivity index (χ1) is 7.68. The maximum absolute atomic E-state index is 11.6. The van der Waals surface area contributed by atoms with Gasteiger partial charge in [-0.1, -0.05) is 12.2 Å². The van der Waals surface area contributed by atoms with E-state index in [9.17, 15) is 4.79 Å². The molecule has 0 aliphatic heterocycles. The molecular formula is C9H8N4O2S. The molecule has 2 heterocycles. The topological polar surface area (TPSA) is 96.9 Å². The second-order valence-corrected chi connectivity index (χ2v) is 3.43. The fourth-order valence-corrected chi connectivity index (χ4v) is 1.30. The molecule has 0 aliphatic rings. The van der Waals surface area contributed by atoms with E-state index < -0.39 is 0 Å². The zero-order valence-corrected chi connectivity index (χ0v) is 8.88. The van der Waals surface area contributed by atoms with Gasteiger partial charge in [0.25, 0.3) is 5.91 Å². The van der Waals surface area contributed by atoms with Crippen LogP contribution in [0.1, 0.15) is 15.9 Å². The van der Waals surface area contributed by atoms with Gasteiger partial charge in [0.2, 0.25) is 0 Å². The van der Waals surface area contributed by atoms with Crippen LogP contribution in [0.5, 0.6) is 0 Å². The number of hydrogen-bond donors (Lipinski definition) is 3. The van der Waals surface area contributed by atoms with E-state index in [0.29, 0.717) is 16.9 Å². The largest absolute Gasteiger partial charge is 0.472 e. The van der Waals surface area contributed by atoms with Crippen LogP contribution in [-0.4, -0.2) is 21.1 Å². The quantitative estimate of drug-likeness (QED) is 0.687. The number of rotatable bonds is 3. The van der Waals surface area contributed by atoms with E-state index in [1.165, 1.54) is 18.7 Å². The maximum atomic E-state index is 11.6. The molecule has 0 unspecified atom stereocenters. The summed E-state index contributed by atoms with van der Waals surface area (Å²) in [6.07, 6.45) is 4.20. The zero-order valence-electron chi connectivity index (χ0n) is 8.06. The lowest BCUT2D eigenvalue weighted by Gasteiger charge is -2.02. The van der Waals surface area contributed by atoms with Crippen molar-refractivity contribution >= 4 is 28.9 Å². The smallest absolute Gasteiger partial charge is 0.260 e. The molecule has 0 spiro atoms. The number of nitrogens with two attached hydrogens (primary N) is 1. The van der Waals surface area contributed by atoms with E-state index in [4.69, 9.17) is 22.4 Å². The van der Waals surface area contributed by atoms with Crippen molar-refractivity contribution in [3.05, 3.63) is 35.9 Å². The average molecular weight is 236 g/mol. The van der Waals surface area contributed by atoms with Crippen molar-refractivity contribution in [3.8, 4) is 0 Å². The molecule has 4 N–H and O–H groups in total. The Kier molecular flexibility index (Phi) is 2.69. The second-order valence-electron chi connectivity index (χ2n) is 2.99. The number of hydrogen-bond acceptors (Lipinski definition) is 4. The number of amides is 1. The van der Waals surface area contributed by atoms with E-state index in [-0.39, 0.29) is 10.9 Å². The molecule has 1 amide bonds. The minimum Gasteiger partial charge on any atom is -0.472 e. The van der Waals surface area contributed by atoms with Gasteiger partial charge in [-0.05, 0) is 6.07 Å². The molecular weight excluding hydrogens is 228 g/mol. The predicted octanol–water partition coefficient (Wildman–Crippen LogP) is 0.889. The van der Waals surface area contributed by atoms with Crippen molar-refractivity contribution in [3.63, 3.8) is 0 Å². The van der Waals surface area contributed by atoms with Gasteiger partial charge in [0.1, 0.15) is 17.1 Å². The zero-order chi connectivity index (χ0) is 11.5. The molecule has 2 aromatic heterocycles. The van der Waals surface area contributed by atoms with Crippen LogP contribution in [0.25, 0.3) is 0 Å². The Morgan fingerprint density at radius 2 is 2.44 bits per heavy atom. The van der Waals surface area contributed by atoms with E-state index in [0.717, 1.165) is 0 Å². The molecule has 82 valence electrons. The molecule has 7 heteroatoms. The van der Waals surface area contributed by atoms with E-state index in [1.54, 1.807) is 6.07 Å². The Bertz CT molecular complexity index is 517. The summed E-state index contributed by atoms with van der Waals surface area (Å²) >= 11 is 4.80. The molecule has 6 nitrogen and oxygen atoms in total. The number of H-pyrrole nitrogens is 1. The summed E-state index contributed by atoms with van der Waals surface area (Å²) in [7, 11) is 0. The van der Waals surface area contributed by atoms with Crippen LogP contribution in [0.3, 0.4) is 0 Å². The van der Waals surface area contributed by atoms with Crippen LogP contribution in [0.4, 0.5) is 5.82 Å². The maximum Gasteiger partial charge on any atom is 0.260 e. The SMILES string of the molecule is NC(=S)c1cn[nH]c1NC(=O)c1ccoc1. The monoisotopic (exact) mass is 236 g/mol. The van der Waals surface area contributed by atoms with Crippen LogP contribution in [0, 0.1) is 0 Å². The number of carbonyl (C=O) groups excluding carboxylic acids is 1. The molecule has 0 fully saturated rings. The lowest BCUT2D eigenvalue weighted by atomic mass is 10.3. The Balaban J connectivity index is 2.18. The number of anilines is 1. The minimum atomic E-state index is -0.324. The van der Waals surface area contributed by atoms with E-state index in [1.807, 2.05) is 0 Å². The highest BCUT2D eigenvalue weighted by atomic mass is 32.1. The number of aromatic nitrogens is 2. The number of nitrogens with zero attached hydrogens (tertiary/aromatic N) is 1. The number of aromatic amines is 1. The van der Waals surface area contributed by atoms with Crippen molar-refractivity contribution in [1.29, 1.82) is 0 Å². The molecule has 16 heavy (non-hydrogen) atoms. The summed E-state index contributed by atoms with van der Waals surface area (Å²) < 4.78 is 4.80. The van der Waals surface area contributed by atoms with Crippen molar-refractivity contribution < 1.29 is 9.21 Å². The third kappa shape index (κ3) is 1.94. The van der Waals surface area contributed by atoms with Gasteiger partial charge >= 0.3 is 0 Å². The standard InChI is InChI=1S/C9H8N4O2S/c10-7(16)6-3-11-13-8(6)12-9(14)5-1-2-15-4-5/h1-4H,(H2,10,16)(H2,11,12,13,14). The van der Waals surface area contributed by atoms with Gasteiger partial charge in [-0.25, -0.2) is 0 Å². The highest BCUT2D eigenvalue weighted by Gasteiger charge is 2.12. The summed E-state index contributed by atoms with van der Waals surface area (Å²) in [6.45, 7) is 0. The molecule has 2 rings (SSSR count). The Hall–Kier alpha value is -2.15. The third-order valence-corrected chi connectivity index (χ3v) is 2.15. The minimum absolute atomic E-state index is 0.163. The first kappa shape index (κ1) is 10.4. The average Bonchev–Trinajstić information content (AvgIpc) is 2.86. The molecule has 0 saturated heterocycles. The first-order valence-corrected chi connectivity index (χ1v) is 4.76. The Morgan fingerprint density at radius 3 is 3.06 bits per heavy atom. The summed E-state index contributed by atoms with van der Waals surface area (Å²) in [6, 6.07) is 1.55. The number of thiocarbonyl (C=S) groups is 1. The van der Waals surface area contributed by atoms with Gasteiger partial charge in [-0.3, -0.25) is 9.89 Å². The van der Waals surface area contributed by atoms with Crippen molar-refractivity contribution in [2.75, 3.05) is 5.32 Å². The molecule has 2 aromatic rings.